The van der Waals surface area contributed by atoms with E-state index in [0.717, 1.165) is 53.8 Å². The van der Waals surface area contributed by atoms with Crippen LogP contribution in [0.2, 0.25) is 0 Å². The standard InChI is InChI=1S/C22H25N3O2S2.ClH/c1-28-18-7-8-19-20(16-18)29-22(23-19)25(10-9-24-11-13-27-14-12-24)21(26)15-17-5-3-2-4-6-17;/h2-8,16H,9-15H2,1H3;1H. The summed E-state index contributed by atoms with van der Waals surface area (Å²) in [6.07, 6.45) is 2.46. The fraction of sp³-hybridized carbons (Fsp3) is 0.364. The molecular formula is C22H26ClN3O2S2. The number of fused-ring (bicyclic) bond motifs is 1. The summed E-state index contributed by atoms with van der Waals surface area (Å²) < 4.78 is 6.57. The quantitative estimate of drug-likeness (QED) is 0.487. The number of morpholine rings is 1. The Hall–Kier alpha value is -1.64. The summed E-state index contributed by atoms with van der Waals surface area (Å²) in [5.41, 5.74) is 1.98. The van der Waals surface area contributed by atoms with E-state index in [9.17, 15) is 4.79 Å². The third-order valence-electron chi connectivity index (χ3n) is 5.06. The van der Waals surface area contributed by atoms with Crippen LogP contribution in [-0.4, -0.2) is 61.4 Å². The number of anilines is 1. The molecule has 0 bridgehead atoms. The number of thiazole rings is 1. The molecule has 1 fully saturated rings. The van der Waals surface area contributed by atoms with Gasteiger partial charge < -0.3 is 4.74 Å². The molecule has 1 aliphatic heterocycles. The lowest BCUT2D eigenvalue weighted by molar-refractivity contribution is -0.118. The lowest BCUT2D eigenvalue weighted by Crippen LogP contribution is -2.43. The highest BCUT2D eigenvalue weighted by Gasteiger charge is 2.22. The van der Waals surface area contributed by atoms with Crippen molar-refractivity contribution in [1.82, 2.24) is 9.88 Å². The average molecular weight is 464 g/mol. The average Bonchev–Trinajstić information content (AvgIpc) is 3.18. The zero-order valence-corrected chi connectivity index (χ0v) is 19.4. The monoisotopic (exact) mass is 463 g/mol. The Labute approximate surface area is 191 Å². The molecule has 5 nitrogen and oxygen atoms in total. The zero-order valence-electron chi connectivity index (χ0n) is 17.0. The van der Waals surface area contributed by atoms with Crippen LogP contribution in [0.1, 0.15) is 5.56 Å². The molecule has 2 heterocycles. The van der Waals surface area contributed by atoms with Crippen molar-refractivity contribution in [3.8, 4) is 0 Å². The fourth-order valence-electron chi connectivity index (χ4n) is 3.39. The Morgan fingerprint density at radius 3 is 2.70 bits per heavy atom. The van der Waals surface area contributed by atoms with Crippen LogP contribution >= 0.6 is 35.5 Å². The molecule has 0 saturated carbocycles. The molecule has 2 aromatic carbocycles. The Kier molecular flexibility index (Phi) is 8.53. The van der Waals surface area contributed by atoms with Crippen LogP contribution in [0.5, 0.6) is 0 Å². The fourth-order valence-corrected chi connectivity index (χ4v) is 4.96. The molecular weight excluding hydrogens is 438 g/mol. The molecule has 1 saturated heterocycles. The molecule has 1 amide bonds. The molecule has 8 heteroatoms. The summed E-state index contributed by atoms with van der Waals surface area (Å²) in [5.74, 6) is 0.0913. The first-order chi connectivity index (χ1) is 14.2. The Morgan fingerprint density at radius 1 is 1.20 bits per heavy atom. The van der Waals surface area contributed by atoms with Gasteiger partial charge in [0.1, 0.15) is 0 Å². The van der Waals surface area contributed by atoms with E-state index in [0.29, 0.717) is 13.0 Å². The van der Waals surface area contributed by atoms with E-state index < -0.39 is 0 Å². The Balaban J connectivity index is 0.00000256. The van der Waals surface area contributed by atoms with E-state index in [2.05, 4.69) is 23.3 Å². The van der Waals surface area contributed by atoms with Gasteiger partial charge in [0.2, 0.25) is 5.91 Å². The maximum absolute atomic E-state index is 13.2. The van der Waals surface area contributed by atoms with Crippen LogP contribution < -0.4 is 4.90 Å². The summed E-state index contributed by atoms with van der Waals surface area (Å²) >= 11 is 3.32. The molecule has 1 aliphatic rings. The summed E-state index contributed by atoms with van der Waals surface area (Å²) in [5, 5.41) is 0.785. The van der Waals surface area contributed by atoms with Crippen molar-refractivity contribution in [3.63, 3.8) is 0 Å². The molecule has 160 valence electrons. The van der Waals surface area contributed by atoms with Crippen molar-refractivity contribution in [2.45, 2.75) is 11.3 Å². The predicted octanol–water partition coefficient (Wildman–Crippen LogP) is 4.35. The van der Waals surface area contributed by atoms with Gasteiger partial charge in [-0.2, -0.15) is 0 Å². The van der Waals surface area contributed by atoms with Crippen molar-refractivity contribution >= 4 is 56.8 Å². The summed E-state index contributed by atoms with van der Waals surface area (Å²) in [7, 11) is 0. The van der Waals surface area contributed by atoms with Crippen LogP contribution in [-0.2, 0) is 16.0 Å². The SMILES string of the molecule is CSc1ccc2nc(N(CCN3CCOCC3)C(=O)Cc3ccccc3)sc2c1.Cl. The molecule has 0 N–H and O–H groups in total. The molecule has 0 aliphatic carbocycles. The van der Waals surface area contributed by atoms with Gasteiger partial charge in [-0.1, -0.05) is 41.7 Å². The Morgan fingerprint density at radius 2 is 1.97 bits per heavy atom. The maximum atomic E-state index is 13.2. The minimum atomic E-state index is 0. The highest BCUT2D eigenvalue weighted by atomic mass is 35.5. The molecule has 0 radical (unpaired) electrons. The number of rotatable bonds is 7. The van der Waals surface area contributed by atoms with Crippen molar-refractivity contribution in [2.24, 2.45) is 0 Å². The van der Waals surface area contributed by atoms with E-state index in [1.165, 1.54) is 4.90 Å². The Bertz CT molecular complexity index is 961. The first-order valence-corrected chi connectivity index (χ1v) is 11.9. The summed E-state index contributed by atoms with van der Waals surface area (Å²) in [4.78, 5) is 23.4. The number of halogens is 1. The zero-order chi connectivity index (χ0) is 20.1. The second-order valence-corrected chi connectivity index (χ2v) is 8.88. The lowest BCUT2D eigenvalue weighted by Gasteiger charge is -2.29. The number of hydrogen-bond acceptors (Lipinski definition) is 6. The molecule has 30 heavy (non-hydrogen) atoms. The number of amides is 1. The van der Waals surface area contributed by atoms with Crippen LogP contribution in [0.3, 0.4) is 0 Å². The molecule has 3 aromatic rings. The van der Waals surface area contributed by atoms with Crippen molar-refractivity contribution < 1.29 is 9.53 Å². The topological polar surface area (TPSA) is 45.7 Å². The van der Waals surface area contributed by atoms with Gasteiger partial charge in [-0.15, -0.1) is 24.2 Å². The highest BCUT2D eigenvalue weighted by molar-refractivity contribution is 7.98. The highest BCUT2D eigenvalue weighted by Crippen LogP contribution is 2.32. The minimum absolute atomic E-state index is 0. The molecule has 1 aromatic heterocycles. The molecule has 0 atom stereocenters. The van der Waals surface area contributed by atoms with Crippen LogP contribution in [0.4, 0.5) is 5.13 Å². The number of aromatic nitrogens is 1. The first-order valence-electron chi connectivity index (χ1n) is 9.82. The van der Waals surface area contributed by atoms with Gasteiger partial charge in [-0.05, 0) is 30.0 Å². The number of carbonyl (C=O) groups excluding carboxylic acids is 1. The van der Waals surface area contributed by atoms with Crippen LogP contribution in [0.25, 0.3) is 10.2 Å². The number of hydrogen-bond donors (Lipinski definition) is 0. The van der Waals surface area contributed by atoms with Gasteiger partial charge in [-0.25, -0.2) is 4.98 Å². The maximum Gasteiger partial charge on any atom is 0.233 e. The number of carbonyl (C=O) groups is 1. The number of ether oxygens (including phenoxy) is 1. The minimum Gasteiger partial charge on any atom is -0.379 e. The largest absolute Gasteiger partial charge is 0.379 e. The molecule has 4 rings (SSSR count). The lowest BCUT2D eigenvalue weighted by atomic mass is 10.1. The number of thioether (sulfide) groups is 1. The first kappa shape index (κ1) is 23.0. The van der Waals surface area contributed by atoms with Crippen molar-refractivity contribution in [1.29, 1.82) is 0 Å². The second kappa shape index (κ2) is 11.1. The third kappa shape index (κ3) is 5.74. The van der Waals surface area contributed by atoms with E-state index in [-0.39, 0.29) is 18.3 Å². The van der Waals surface area contributed by atoms with Gasteiger partial charge >= 0.3 is 0 Å². The third-order valence-corrected chi connectivity index (χ3v) is 6.82. The van der Waals surface area contributed by atoms with Gasteiger partial charge in [0.05, 0.1) is 29.9 Å². The number of benzene rings is 2. The number of nitrogens with zero attached hydrogens (tertiary/aromatic N) is 3. The van der Waals surface area contributed by atoms with Crippen molar-refractivity contribution in [2.75, 3.05) is 50.5 Å². The van der Waals surface area contributed by atoms with Gasteiger partial charge in [0.25, 0.3) is 0 Å². The summed E-state index contributed by atoms with van der Waals surface area (Å²) in [6, 6.07) is 16.2. The molecule has 0 spiro atoms. The van der Waals surface area contributed by atoms with E-state index in [1.807, 2.05) is 41.3 Å². The van der Waals surface area contributed by atoms with Gasteiger partial charge in [0.15, 0.2) is 5.13 Å². The smallest absolute Gasteiger partial charge is 0.233 e. The molecule has 0 unspecified atom stereocenters. The normalized spacial score (nSPS) is 14.4. The van der Waals surface area contributed by atoms with Crippen LogP contribution in [0.15, 0.2) is 53.4 Å². The second-order valence-electron chi connectivity index (χ2n) is 6.99. The van der Waals surface area contributed by atoms with E-state index >= 15 is 0 Å². The van der Waals surface area contributed by atoms with E-state index in [1.54, 1.807) is 23.1 Å². The van der Waals surface area contributed by atoms with Gasteiger partial charge in [0, 0.05) is 31.1 Å². The predicted molar refractivity (Wildman–Crippen MR) is 128 cm³/mol. The van der Waals surface area contributed by atoms with Crippen molar-refractivity contribution in [3.05, 3.63) is 54.1 Å². The van der Waals surface area contributed by atoms with Gasteiger partial charge in [-0.3, -0.25) is 14.6 Å². The van der Waals surface area contributed by atoms with E-state index in [4.69, 9.17) is 9.72 Å². The van der Waals surface area contributed by atoms with Crippen LogP contribution in [0, 0.1) is 0 Å². The summed E-state index contributed by atoms with van der Waals surface area (Å²) in [6.45, 7) is 4.82.